The predicted molar refractivity (Wildman–Crippen MR) is 106 cm³/mol. The lowest BCUT2D eigenvalue weighted by molar-refractivity contribution is -0.152. The van der Waals surface area contributed by atoms with Crippen molar-refractivity contribution in [2.75, 3.05) is 0 Å². The van der Waals surface area contributed by atoms with Gasteiger partial charge in [-0.2, -0.15) is 0 Å². The normalized spacial score (nSPS) is 14.5. The zero-order valence-electron chi connectivity index (χ0n) is 15.8. The lowest BCUT2D eigenvalue weighted by Gasteiger charge is -2.24. The van der Waals surface area contributed by atoms with E-state index < -0.39 is 6.10 Å². The largest absolute Gasteiger partial charge is 0.454 e. The van der Waals surface area contributed by atoms with Crippen molar-refractivity contribution >= 4 is 16.9 Å². The summed E-state index contributed by atoms with van der Waals surface area (Å²) in [6.07, 6.45) is 0.207. The molecule has 3 atom stereocenters. The minimum atomic E-state index is -0.648. The van der Waals surface area contributed by atoms with Gasteiger partial charge in [-0.1, -0.05) is 62.7 Å². The Kier molecular flexibility index (Phi) is 5.69. The highest BCUT2D eigenvalue weighted by Gasteiger charge is 2.29. The SMILES string of the molecule is CC[C@@H](C)[C@H](C(=O)O[C@@H](C)c1nc2ccccc2c(=O)[nH]1)c1ccccc1. The Labute approximate surface area is 158 Å². The number of aromatic amines is 1. The summed E-state index contributed by atoms with van der Waals surface area (Å²) in [5.41, 5.74) is 1.28. The number of H-pyrrole nitrogens is 1. The minimum absolute atomic E-state index is 0.135. The first-order valence-corrected chi connectivity index (χ1v) is 9.25. The topological polar surface area (TPSA) is 72.0 Å². The minimum Gasteiger partial charge on any atom is -0.454 e. The quantitative estimate of drug-likeness (QED) is 0.660. The third-order valence-electron chi connectivity index (χ3n) is 4.93. The molecule has 0 radical (unpaired) electrons. The van der Waals surface area contributed by atoms with E-state index in [1.54, 1.807) is 25.1 Å². The lowest BCUT2D eigenvalue weighted by Crippen LogP contribution is -2.24. The van der Waals surface area contributed by atoms with E-state index in [0.29, 0.717) is 16.7 Å². The van der Waals surface area contributed by atoms with E-state index in [1.807, 2.05) is 43.3 Å². The van der Waals surface area contributed by atoms with E-state index in [2.05, 4.69) is 16.9 Å². The van der Waals surface area contributed by atoms with Crippen LogP contribution in [0.25, 0.3) is 10.9 Å². The van der Waals surface area contributed by atoms with Gasteiger partial charge in [0, 0.05) is 0 Å². The molecule has 3 aromatic rings. The van der Waals surface area contributed by atoms with Crippen molar-refractivity contribution < 1.29 is 9.53 Å². The van der Waals surface area contributed by atoms with E-state index in [1.165, 1.54) is 0 Å². The second kappa shape index (κ2) is 8.16. The number of carbonyl (C=O) groups excluding carboxylic acids is 1. The van der Waals surface area contributed by atoms with Gasteiger partial charge in [-0.05, 0) is 30.5 Å². The van der Waals surface area contributed by atoms with Gasteiger partial charge in [0.2, 0.25) is 0 Å². The second-order valence-corrected chi connectivity index (χ2v) is 6.82. The standard InChI is InChI=1S/C22H24N2O3/c1-4-14(2)19(16-10-6-5-7-11-16)22(26)27-15(3)20-23-18-13-9-8-12-17(18)21(25)24-20/h5-15,19H,4H2,1-3H3,(H,23,24,25)/t14-,15+,19+/m1/s1. The van der Waals surface area contributed by atoms with Crippen molar-refractivity contribution in [2.45, 2.75) is 39.2 Å². The summed E-state index contributed by atoms with van der Waals surface area (Å²) in [5.74, 6) is -0.177. The van der Waals surface area contributed by atoms with Crippen LogP contribution in [0.4, 0.5) is 0 Å². The van der Waals surface area contributed by atoms with Crippen LogP contribution in [0.3, 0.4) is 0 Å². The number of ether oxygens (including phenoxy) is 1. The number of para-hydroxylation sites is 1. The van der Waals surface area contributed by atoms with Gasteiger partial charge in [-0.25, -0.2) is 4.98 Å². The van der Waals surface area contributed by atoms with Crippen LogP contribution in [-0.4, -0.2) is 15.9 Å². The Morgan fingerprint density at radius 1 is 1.07 bits per heavy atom. The van der Waals surface area contributed by atoms with Crippen molar-refractivity contribution in [2.24, 2.45) is 5.92 Å². The van der Waals surface area contributed by atoms with E-state index in [4.69, 9.17) is 4.74 Å². The van der Waals surface area contributed by atoms with Gasteiger partial charge in [0.15, 0.2) is 11.9 Å². The fourth-order valence-electron chi connectivity index (χ4n) is 3.19. The summed E-state index contributed by atoms with van der Waals surface area (Å²) in [7, 11) is 0. The number of benzene rings is 2. The molecule has 0 fully saturated rings. The summed E-state index contributed by atoms with van der Waals surface area (Å²) in [5, 5.41) is 0.515. The maximum absolute atomic E-state index is 12.9. The Bertz CT molecular complexity index is 982. The fourth-order valence-corrected chi connectivity index (χ4v) is 3.19. The molecule has 1 heterocycles. The lowest BCUT2D eigenvalue weighted by atomic mass is 9.85. The number of nitrogens with zero attached hydrogens (tertiary/aromatic N) is 1. The predicted octanol–water partition coefficient (Wildman–Crippen LogP) is 4.36. The third-order valence-corrected chi connectivity index (χ3v) is 4.93. The number of hydrogen-bond acceptors (Lipinski definition) is 4. The van der Waals surface area contributed by atoms with E-state index in [0.717, 1.165) is 12.0 Å². The smallest absolute Gasteiger partial charge is 0.314 e. The number of rotatable bonds is 6. The summed E-state index contributed by atoms with van der Waals surface area (Å²) in [6, 6.07) is 16.8. The van der Waals surface area contributed by atoms with Crippen LogP contribution in [0.15, 0.2) is 59.4 Å². The second-order valence-electron chi connectivity index (χ2n) is 6.82. The van der Waals surface area contributed by atoms with Gasteiger partial charge < -0.3 is 9.72 Å². The first-order chi connectivity index (χ1) is 13.0. The molecule has 2 aromatic carbocycles. The van der Waals surface area contributed by atoms with E-state index in [9.17, 15) is 9.59 Å². The molecular formula is C22H24N2O3. The highest BCUT2D eigenvalue weighted by atomic mass is 16.5. The van der Waals surface area contributed by atoms with Crippen LogP contribution in [0.1, 0.15) is 50.6 Å². The highest BCUT2D eigenvalue weighted by Crippen LogP contribution is 2.30. The third kappa shape index (κ3) is 4.08. The van der Waals surface area contributed by atoms with Crippen molar-refractivity contribution in [3.63, 3.8) is 0 Å². The molecule has 0 spiro atoms. The van der Waals surface area contributed by atoms with Crippen molar-refractivity contribution in [1.29, 1.82) is 0 Å². The molecule has 5 nitrogen and oxygen atoms in total. The molecule has 0 saturated heterocycles. The molecule has 1 N–H and O–H groups in total. The fraction of sp³-hybridized carbons (Fsp3) is 0.318. The maximum Gasteiger partial charge on any atom is 0.314 e. The molecule has 5 heteroatoms. The molecule has 0 bridgehead atoms. The Morgan fingerprint density at radius 2 is 1.74 bits per heavy atom. The first kappa shape index (κ1) is 18.8. The number of esters is 1. The van der Waals surface area contributed by atoms with E-state index in [-0.39, 0.29) is 23.4 Å². The van der Waals surface area contributed by atoms with E-state index >= 15 is 0 Å². The molecule has 1 aromatic heterocycles. The highest BCUT2D eigenvalue weighted by molar-refractivity contribution is 5.79. The number of nitrogens with one attached hydrogen (secondary N) is 1. The molecule has 0 unspecified atom stereocenters. The average molecular weight is 364 g/mol. The monoisotopic (exact) mass is 364 g/mol. The van der Waals surface area contributed by atoms with Crippen molar-refractivity contribution in [1.82, 2.24) is 9.97 Å². The summed E-state index contributed by atoms with van der Waals surface area (Å²) in [6.45, 7) is 5.82. The number of aromatic nitrogens is 2. The molecule has 0 saturated carbocycles. The van der Waals surface area contributed by atoms with Gasteiger partial charge in [-0.3, -0.25) is 9.59 Å². The number of hydrogen-bond donors (Lipinski definition) is 1. The first-order valence-electron chi connectivity index (χ1n) is 9.25. The van der Waals surface area contributed by atoms with Crippen molar-refractivity contribution in [3.8, 4) is 0 Å². The van der Waals surface area contributed by atoms with Crippen LogP contribution in [-0.2, 0) is 9.53 Å². The van der Waals surface area contributed by atoms with Gasteiger partial charge in [0.05, 0.1) is 16.8 Å². The number of fused-ring (bicyclic) bond motifs is 1. The number of carbonyl (C=O) groups is 1. The molecule has 0 amide bonds. The summed E-state index contributed by atoms with van der Waals surface area (Å²) in [4.78, 5) is 32.4. The van der Waals surface area contributed by atoms with Crippen LogP contribution >= 0.6 is 0 Å². The molecule has 27 heavy (non-hydrogen) atoms. The molecule has 0 aliphatic rings. The van der Waals surface area contributed by atoms with Gasteiger partial charge in [0.25, 0.3) is 5.56 Å². The maximum atomic E-state index is 12.9. The van der Waals surface area contributed by atoms with Crippen LogP contribution in [0.2, 0.25) is 0 Å². The zero-order chi connectivity index (χ0) is 19.4. The van der Waals surface area contributed by atoms with Gasteiger partial charge in [0.1, 0.15) is 0 Å². The van der Waals surface area contributed by atoms with Crippen LogP contribution < -0.4 is 5.56 Å². The molecule has 0 aliphatic heterocycles. The average Bonchev–Trinajstić information content (AvgIpc) is 2.68. The molecule has 3 rings (SSSR count). The molecular weight excluding hydrogens is 340 g/mol. The molecule has 0 aliphatic carbocycles. The van der Waals surface area contributed by atoms with Crippen molar-refractivity contribution in [3.05, 3.63) is 76.3 Å². The Morgan fingerprint density at radius 3 is 2.44 bits per heavy atom. The van der Waals surface area contributed by atoms with Crippen LogP contribution in [0, 0.1) is 5.92 Å². The summed E-state index contributed by atoms with van der Waals surface area (Å²) >= 11 is 0. The van der Waals surface area contributed by atoms with Crippen LogP contribution in [0.5, 0.6) is 0 Å². The Hall–Kier alpha value is -2.95. The molecule has 140 valence electrons. The Balaban J connectivity index is 1.86. The zero-order valence-corrected chi connectivity index (χ0v) is 15.8. The van der Waals surface area contributed by atoms with Gasteiger partial charge >= 0.3 is 5.97 Å². The van der Waals surface area contributed by atoms with Gasteiger partial charge in [-0.15, -0.1) is 0 Å². The summed E-state index contributed by atoms with van der Waals surface area (Å²) < 4.78 is 5.71.